The Balaban J connectivity index is 2.14. The second-order valence-electron chi connectivity index (χ2n) is 8.31. The predicted octanol–water partition coefficient (Wildman–Crippen LogP) is 0.604. The van der Waals surface area contributed by atoms with Crippen LogP contribution in [0.3, 0.4) is 0 Å². The molecule has 2 fully saturated rings. The number of carbonyl (C=O) groups is 4. The molecule has 0 bridgehead atoms. The first-order valence-electron chi connectivity index (χ1n) is 10.7. The van der Waals surface area contributed by atoms with E-state index in [1.54, 1.807) is 4.90 Å². The third-order valence-corrected chi connectivity index (χ3v) is 5.96. The van der Waals surface area contributed by atoms with Gasteiger partial charge in [-0.15, -0.1) is 0 Å². The molecule has 4 N–H and O–H groups in total. The van der Waals surface area contributed by atoms with Gasteiger partial charge in [0.05, 0.1) is 26.2 Å². The SMILES string of the molecule is O=C(O)CN(CC(=O)O)[C@@H]1CCCC[C@H]1N(CC(=O)O)CC(=O)NC1CCCCC1. The molecule has 2 saturated carbocycles. The number of aliphatic carboxylic acids is 3. The van der Waals surface area contributed by atoms with Crippen molar-refractivity contribution in [3.8, 4) is 0 Å². The zero-order valence-corrected chi connectivity index (χ0v) is 17.3. The smallest absolute Gasteiger partial charge is 0.317 e. The van der Waals surface area contributed by atoms with E-state index in [2.05, 4.69) is 5.32 Å². The summed E-state index contributed by atoms with van der Waals surface area (Å²) in [7, 11) is 0. The molecule has 0 unspecified atom stereocenters. The summed E-state index contributed by atoms with van der Waals surface area (Å²) in [5.74, 6) is -3.59. The number of nitrogens with zero attached hydrogens (tertiary/aromatic N) is 2. The highest BCUT2D eigenvalue weighted by atomic mass is 16.4. The predicted molar refractivity (Wildman–Crippen MR) is 107 cm³/mol. The molecule has 2 aliphatic carbocycles. The van der Waals surface area contributed by atoms with E-state index in [0.717, 1.165) is 44.9 Å². The topological polar surface area (TPSA) is 147 Å². The van der Waals surface area contributed by atoms with Gasteiger partial charge in [-0.05, 0) is 25.7 Å². The molecular weight excluding hydrogens is 394 g/mol. The Hall–Kier alpha value is -2.20. The Morgan fingerprint density at radius 2 is 1.03 bits per heavy atom. The zero-order chi connectivity index (χ0) is 22.1. The molecule has 0 aliphatic heterocycles. The summed E-state index contributed by atoms with van der Waals surface area (Å²) < 4.78 is 0. The molecule has 0 aromatic rings. The highest BCUT2D eigenvalue weighted by Crippen LogP contribution is 2.27. The van der Waals surface area contributed by atoms with Gasteiger partial charge in [0.1, 0.15) is 0 Å². The van der Waals surface area contributed by atoms with Crippen molar-refractivity contribution in [2.75, 3.05) is 26.2 Å². The average molecular weight is 427 g/mol. The molecule has 30 heavy (non-hydrogen) atoms. The summed E-state index contributed by atoms with van der Waals surface area (Å²) in [5.41, 5.74) is 0. The molecule has 0 saturated heterocycles. The normalized spacial score (nSPS) is 22.7. The molecule has 0 aromatic heterocycles. The van der Waals surface area contributed by atoms with Gasteiger partial charge in [0.25, 0.3) is 0 Å². The minimum atomic E-state index is -1.14. The first-order chi connectivity index (χ1) is 14.3. The van der Waals surface area contributed by atoms with Crippen molar-refractivity contribution in [1.29, 1.82) is 0 Å². The Bertz CT molecular complexity index is 606. The maximum absolute atomic E-state index is 12.6. The van der Waals surface area contributed by atoms with Gasteiger partial charge in [-0.3, -0.25) is 29.0 Å². The van der Waals surface area contributed by atoms with Gasteiger partial charge in [-0.25, -0.2) is 0 Å². The number of carbonyl (C=O) groups excluding carboxylic acids is 1. The fourth-order valence-corrected chi connectivity index (χ4v) is 4.75. The van der Waals surface area contributed by atoms with Crippen molar-refractivity contribution in [1.82, 2.24) is 15.1 Å². The summed E-state index contributed by atoms with van der Waals surface area (Å²) in [5, 5.41) is 30.8. The summed E-state index contributed by atoms with van der Waals surface area (Å²) in [6, 6.07) is -0.728. The van der Waals surface area contributed by atoms with Crippen LogP contribution in [0.25, 0.3) is 0 Å². The van der Waals surface area contributed by atoms with Crippen LogP contribution in [0.5, 0.6) is 0 Å². The minimum absolute atomic E-state index is 0.0993. The number of hydrogen-bond donors (Lipinski definition) is 4. The first kappa shape index (κ1) is 24.1. The fourth-order valence-electron chi connectivity index (χ4n) is 4.75. The van der Waals surface area contributed by atoms with Gasteiger partial charge in [0, 0.05) is 18.1 Å². The van der Waals surface area contributed by atoms with Crippen LogP contribution in [0.1, 0.15) is 57.8 Å². The molecule has 2 aliphatic rings. The van der Waals surface area contributed by atoms with Crippen LogP contribution >= 0.6 is 0 Å². The fraction of sp³-hybridized carbons (Fsp3) is 0.800. The van der Waals surface area contributed by atoms with Crippen molar-refractivity contribution in [2.45, 2.75) is 75.9 Å². The van der Waals surface area contributed by atoms with Crippen molar-refractivity contribution >= 4 is 23.8 Å². The van der Waals surface area contributed by atoms with Crippen molar-refractivity contribution in [2.24, 2.45) is 0 Å². The highest BCUT2D eigenvalue weighted by Gasteiger charge is 2.37. The third-order valence-electron chi connectivity index (χ3n) is 5.96. The van der Waals surface area contributed by atoms with Crippen LogP contribution in [0.4, 0.5) is 0 Å². The molecule has 2 rings (SSSR count). The Kier molecular flexibility index (Phi) is 9.51. The summed E-state index contributed by atoms with van der Waals surface area (Å²) in [6.07, 6.45) is 7.88. The van der Waals surface area contributed by atoms with E-state index >= 15 is 0 Å². The molecule has 1 amide bonds. The van der Waals surface area contributed by atoms with E-state index in [0.29, 0.717) is 12.8 Å². The van der Waals surface area contributed by atoms with Gasteiger partial charge in [0.2, 0.25) is 5.91 Å². The molecule has 0 spiro atoms. The number of amides is 1. The summed E-state index contributed by atoms with van der Waals surface area (Å²) in [6.45, 7) is -1.34. The van der Waals surface area contributed by atoms with Crippen molar-refractivity contribution < 1.29 is 34.5 Å². The Morgan fingerprint density at radius 1 is 0.633 bits per heavy atom. The van der Waals surface area contributed by atoms with E-state index in [9.17, 15) is 34.5 Å². The number of rotatable bonds is 11. The number of nitrogens with one attached hydrogen (secondary N) is 1. The molecule has 10 nitrogen and oxygen atoms in total. The maximum atomic E-state index is 12.6. The van der Waals surface area contributed by atoms with Crippen LogP contribution in [0, 0.1) is 0 Å². The Labute approximate surface area is 176 Å². The molecule has 0 heterocycles. The van der Waals surface area contributed by atoms with Crippen LogP contribution in [0.2, 0.25) is 0 Å². The molecule has 10 heteroatoms. The number of hydrogen-bond acceptors (Lipinski definition) is 6. The lowest BCUT2D eigenvalue weighted by atomic mass is 9.87. The second kappa shape index (κ2) is 11.8. The molecule has 0 radical (unpaired) electrons. The van der Waals surface area contributed by atoms with Gasteiger partial charge in [-0.1, -0.05) is 32.1 Å². The number of carboxylic acids is 3. The van der Waals surface area contributed by atoms with E-state index < -0.39 is 43.1 Å². The quantitative estimate of drug-likeness (QED) is 0.372. The van der Waals surface area contributed by atoms with E-state index in [-0.39, 0.29) is 25.0 Å². The van der Waals surface area contributed by atoms with Gasteiger partial charge in [0.15, 0.2) is 0 Å². The highest BCUT2D eigenvalue weighted by molar-refractivity contribution is 5.79. The van der Waals surface area contributed by atoms with Crippen LogP contribution < -0.4 is 5.32 Å². The van der Waals surface area contributed by atoms with Crippen molar-refractivity contribution in [3.63, 3.8) is 0 Å². The molecule has 2 atom stereocenters. The second-order valence-corrected chi connectivity index (χ2v) is 8.31. The van der Waals surface area contributed by atoms with Crippen LogP contribution in [0.15, 0.2) is 0 Å². The van der Waals surface area contributed by atoms with Gasteiger partial charge < -0.3 is 20.6 Å². The third kappa shape index (κ3) is 7.91. The maximum Gasteiger partial charge on any atom is 0.317 e. The lowest BCUT2D eigenvalue weighted by molar-refractivity contribution is -0.147. The molecular formula is C20H33N3O7. The van der Waals surface area contributed by atoms with Crippen molar-refractivity contribution in [3.05, 3.63) is 0 Å². The van der Waals surface area contributed by atoms with Crippen LogP contribution in [-0.2, 0) is 19.2 Å². The summed E-state index contributed by atoms with van der Waals surface area (Å²) in [4.78, 5) is 49.6. The minimum Gasteiger partial charge on any atom is -0.480 e. The Morgan fingerprint density at radius 3 is 1.47 bits per heavy atom. The first-order valence-corrected chi connectivity index (χ1v) is 10.7. The monoisotopic (exact) mass is 427 g/mol. The van der Waals surface area contributed by atoms with E-state index in [4.69, 9.17) is 0 Å². The van der Waals surface area contributed by atoms with E-state index in [1.165, 1.54) is 4.90 Å². The molecule has 0 aromatic carbocycles. The molecule has 170 valence electrons. The van der Waals surface area contributed by atoms with Gasteiger partial charge >= 0.3 is 17.9 Å². The average Bonchev–Trinajstić information content (AvgIpc) is 2.66. The number of carboxylic acid groups (broad SMARTS) is 3. The van der Waals surface area contributed by atoms with E-state index in [1.807, 2.05) is 0 Å². The van der Waals surface area contributed by atoms with Gasteiger partial charge in [-0.2, -0.15) is 0 Å². The standard InChI is InChI=1S/C20H33N3O7/c24-17(21-14-6-2-1-3-7-14)10-22(11-18(25)26)15-8-4-5-9-16(15)23(12-19(27)28)13-20(29)30/h14-16H,1-13H2,(H,21,24)(H,25,26)(H,27,28)(H,29,30)/t15-,16-/m1/s1. The summed E-state index contributed by atoms with van der Waals surface area (Å²) >= 11 is 0. The zero-order valence-electron chi connectivity index (χ0n) is 17.3. The largest absolute Gasteiger partial charge is 0.480 e. The van der Waals surface area contributed by atoms with Crippen LogP contribution in [-0.4, -0.2) is 93.2 Å². The lowest BCUT2D eigenvalue weighted by Gasteiger charge is -2.43. The lowest BCUT2D eigenvalue weighted by Crippen LogP contribution is -2.58.